The lowest BCUT2D eigenvalue weighted by atomic mass is 9.83. The van der Waals surface area contributed by atoms with E-state index in [9.17, 15) is 9.59 Å². The fraction of sp³-hybridized carbons (Fsp3) is 0.194. The van der Waals surface area contributed by atoms with E-state index in [0.717, 1.165) is 27.8 Å². The van der Waals surface area contributed by atoms with Crippen LogP contribution in [0, 0.1) is 20.8 Å². The number of carbonyl (C=O) groups excluding carboxylic acids is 2. The molecular weight excluding hydrogens is 540 g/mol. The second kappa shape index (κ2) is 9.70. The third-order valence-electron chi connectivity index (χ3n) is 8.94. The first-order valence-electron chi connectivity index (χ1n) is 14.2. The van der Waals surface area contributed by atoms with E-state index in [1.807, 2.05) is 93.6 Å². The lowest BCUT2D eigenvalue weighted by molar-refractivity contribution is -0.126. The zero-order valence-corrected chi connectivity index (χ0v) is 24.4. The molecule has 0 saturated carbocycles. The second-order valence-corrected chi connectivity index (χ2v) is 11.4. The van der Waals surface area contributed by atoms with Gasteiger partial charge in [-0.2, -0.15) is 0 Å². The molecule has 2 amide bonds. The third-order valence-corrected chi connectivity index (χ3v) is 8.94. The van der Waals surface area contributed by atoms with Gasteiger partial charge in [0.2, 0.25) is 5.76 Å². The van der Waals surface area contributed by atoms with E-state index >= 15 is 4.79 Å². The van der Waals surface area contributed by atoms with E-state index in [1.165, 1.54) is 4.90 Å². The van der Waals surface area contributed by atoms with E-state index in [-0.39, 0.29) is 29.2 Å². The lowest BCUT2D eigenvalue weighted by Gasteiger charge is -2.34. The molecule has 5 aromatic rings. The number of anilines is 1. The van der Waals surface area contributed by atoms with Crippen molar-refractivity contribution in [3.8, 4) is 5.75 Å². The topological polar surface area (TPSA) is 80.1 Å². The van der Waals surface area contributed by atoms with Crippen LogP contribution in [-0.4, -0.2) is 23.8 Å². The van der Waals surface area contributed by atoms with Crippen LogP contribution < -0.4 is 15.1 Å². The predicted octanol–water partition coefficient (Wildman–Crippen LogP) is 6.17. The first kappa shape index (κ1) is 26.7. The molecule has 0 bridgehead atoms. The highest BCUT2D eigenvalue weighted by Gasteiger charge is 2.65. The Hall–Kier alpha value is -5.17. The molecule has 0 fully saturated rings. The van der Waals surface area contributed by atoms with Crippen molar-refractivity contribution < 1.29 is 18.7 Å². The number of fused-ring (bicyclic) bond motifs is 5. The molecule has 214 valence electrons. The van der Waals surface area contributed by atoms with Crippen molar-refractivity contribution in [3.63, 3.8) is 0 Å². The van der Waals surface area contributed by atoms with Crippen LogP contribution in [0.4, 0.5) is 5.69 Å². The second-order valence-electron chi connectivity index (χ2n) is 11.4. The van der Waals surface area contributed by atoms with Gasteiger partial charge in [0.05, 0.1) is 30.3 Å². The zero-order chi connectivity index (χ0) is 30.0. The predicted molar refractivity (Wildman–Crippen MR) is 164 cm³/mol. The van der Waals surface area contributed by atoms with Crippen LogP contribution in [-0.2, 0) is 23.4 Å². The minimum absolute atomic E-state index is 0.0755. The van der Waals surface area contributed by atoms with Gasteiger partial charge in [0.15, 0.2) is 11.0 Å². The van der Waals surface area contributed by atoms with E-state index < -0.39 is 11.4 Å². The fourth-order valence-corrected chi connectivity index (χ4v) is 6.50. The number of rotatable bonds is 5. The molecule has 2 aliphatic heterocycles. The number of hydrogen-bond donors (Lipinski definition) is 0. The average Bonchev–Trinajstić information content (AvgIpc) is 3.40. The van der Waals surface area contributed by atoms with Gasteiger partial charge in [-0.1, -0.05) is 54.6 Å². The molecule has 7 rings (SSSR count). The maximum Gasteiger partial charge on any atom is 0.291 e. The first-order valence-corrected chi connectivity index (χ1v) is 14.2. The number of para-hydroxylation sites is 1. The number of hydrogen-bond acceptors (Lipinski definition) is 5. The van der Waals surface area contributed by atoms with E-state index in [0.29, 0.717) is 34.5 Å². The molecule has 0 saturated heterocycles. The van der Waals surface area contributed by atoms with Crippen molar-refractivity contribution in [1.82, 2.24) is 4.90 Å². The maximum atomic E-state index is 15.1. The Kier molecular flexibility index (Phi) is 6.02. The number of carbonyl (C=O) groups is 2. The molecule has 2 aliphatic rings. The van der Waals surface area contributed by atoms with E-state index in [4.69, 9.17) is 9.15 Å². The van der Waals surface area contributed by atoms with Crippen molar-refractivity contribution >= 4 is 28.5 Å². The molecule has 0 N–H and O–H groups in total. The Labute approximate surface area is 248 Å². The average molecular weight is 571 g/mol. The largest absolute Gasteiger partial charge is 0.497 e. The van der Waals surface area contributed by atoms with Gasteiger partial charge in [-0.05, 0) is 78.9 Å². The molecule has 1 aromatic heterocycles. The first-order chi connectivity index (χ1) is 20.7. The normalized spacial score (nSPS) is 17.2. The van der Waals surface area contributed by atoms with Crippen molar-refractivity contribution in [1.29, 1.82) is 0 Å². The molecule has 7 nitrogen and oxygen atoms in total. The van der Waals surface area contributed by atoms with Crippen LogP contribution in [0.2, 0.25) is 0 Å². The van der Waals surface area contributed by atoms with Gasteiger partial charge in [0.1, 0.15) is 11.3 Å². The highest BCUT2D eigenvalue weighted by atomic mass is 16.5. The Morgan fingerprint density at radius 3 is 2.23 bits per heavy atom. The van der Waals surface area contributed by atoms with E-state index in [2.05, 4.69) is 0 Å². The van der Waals surface area contributed by atoms with Gasteiger partial charge in [-0.3, -0.25) is 14.4 Å². The van der Waals surface area contributed by atoms with Gasteiger partial charge >= 0.3 is 0 Å². The molecule has 0 radical (unpaired) electrons. The summed E-state index contributed by atoms with van der Waals surface area (Å²) in [5.41, 5.74) is 4.26. The van der Waals surface area contributed by atoms with Crippen LogP contribution in [0.5, 0.6) is 5.75 Å². The van der Waals surface area contributed by atoms with E-state index in [1.54, 1.807) is 24.1 Å². The Balaban J connectivity index is 1.51. The summed E-state index contributed by atoms with van der Waals surface area (Å²) in [7, 11) is 1.59. The Bertz CT molecular complexity index is 2030. The quantitative estimate of drug-likeness (QED) is 0.252. The van der Waals surface area contributed by atoms with Gasteiger partial charge < -0.3 is 19.0 Å². The Morgan fingerprint density at radius 2 is 1.49 bits per heavy atom. The van der Waals surface area contributed by atoms with Crippen molar-refractivity contribution in [2.75, 3.05) is 12.0 Å². The minimum Gasteiger partial charge on any atom is -0.497 e. The molecule has 0 aliphatic carbocycles. The molecule has 1 unspecified atom stereocenters. The van der Waals surface area contributed by atoms with Gasteiger partial charge in [-0.15, -0.1) is 0 Å². The number of nitrogens with zero attached hydrogens (tertiary/aromatic N) is 2. The lowest BCUT2D eigenvalue weighted by Crippen LogP contribution is -2.53. The van der Waals surface area contributed by atoms with Gasteiger partial charge in [0, 0.05) is 12.1 Å². The highest BCUT2D eigenvalue weighted by molar-refractivity contribution is 6.17. The molecule has 7 heteroatoms. The maximum absolute atomic E-state index is 15.1. The van der Waals surface area contributed by atoms with Crippen LogP contribution in [0.1, 0.15) is 49.5 Å². The summed E-state index contributed by atoms with van der Waals surface area (Å²) in [6, 6.07) is 26.3. The van der Waals surface area contributed by atoms with Crippen molar-refractivity contribution in [2.24, 2.45) is 0 Å². The smallest absolute Gasteiger partial charge is 0.291 e. The van der Waals surface area contributed by atoms with Gasteiger partial charge in [0.25, 0.3) is 11.8 Å². The zero-order valence-electron chi connectivity index (χ0n) is 24.4. The highest BCUT2D eigenvalue weighted by Crippen LogP contribution is 2.53. The van der Waals surface area contributed by atoms with Gasteiger partial charge in [-0.25, -0.2) is 0 Å². The number of ether oxygens (including phenoxy) is 1. The third kappa shape index (κ3) is 3.77. The minimum atomic E-state index is -1.70. The number of benzene rings is 4. The summed E-state index contributed by atoms with van der Waals surface area (Å²) in [5.74, 6) is -0.262. The molecule has 3 heterocycles. The fourth-order valence-electron chi connectivity index (χ4n) is 6.50. The molecule has 1 spiro atoms. The van der Waals surface area contributed by atoms with Crippen molar-refractivity contribution in [3.05, 3.63) is 140 Å². The molecule has 4 aromatic carbocycles. The standard InChI is InChI=1S/C36H30N2O5/c1-21-9-5-6-10-25(21)20-37-29-12-8-7-11-28(29)36(35(37)41)31-32(39)27-17-22(2)23(3)18-30(27)43-33(31)34(40)38(36)19-24-13-15-26(42-4)16-14-24/h5-18H,19-20H2,1-4H3. The summed E-state index contributed by atoms with van der Waals surface area (Å²) in [5, 5.41) is 0.350. The monoisotopic (exact) mass is 570 g/mol. The number of amides is 2. The van der Waals surface area contributed by atoms with Crippen LogP contribution in [0.15, 0.2) is 94.1 Å². The van der Waals surface area contributed by atoms with Crippen LogP contribution in [0.25, 0.3) is 11.0 Å². The Morgan fingerprint density at radius 1 is 0.791 bits per heavy atom. The summed E-state index contributed by atoms with van der Waals surface area (Å²) in [6.45, 7) is 6.24. The number of methoxy groups -OCH3 is 1. The molecular formula is C36H30N2O5. The molecule has 43 heavy (non-hydrogen) atoms. The van der Waals surface area contributed by atoms with Crippen LogP contribution in [0.3, 0.4) is 0 Å². The van der Waals surface area contributed by atoms with Crippen molar-refractivity contribution in [2.45, 2.75) is 39.4 Å². The summed E-state index contributed by atoms with van der Waals surface area (Å²) < 4.78 is 11.6. The molecule has 1 atom stereocenters. The summed E-state index contributed by atoms with van der Waals surface area (Å²) in [4.78, 5) is 47.2. The SMILES string of the molecule is COc1ccc(CN2C(=O)c3oc4cc(C)c(C)cc4c(=O)c3C23C(=O)N(Cc2ccccc2C)c2ccccc23)cc1. The summed E-state index contributed by atoms with van der Waals surface area (Å²) in [6.07, 6.45) is 0. The number of aryl methyl sites for hydroxylation is 3. The summed E-state index contributed by atoms with van der Waals surface area (Å²) >= 11 is 0. The van der Waals surface area contributed by atoms with Crippen LogP contribution >= 0.6 is 0 Å².